The number of furan rings is 1. The van der Waals surface area contributed by atoms with Crippen molar-refractivity contribution in [2.75, 3.05) is 13.7 Å². The fourth-order valence-corrected chi connectivity index (χ4v) is 1.92. The Kier molecular flexibility index (Phi) is 3.17. The van der Waals surface area contributed by atoms with Crippen molar-refractivity contribution in [1.29, 1.82) is 0 Å². The smallest absolute Gasteiger partial charge is 0.133 e. The van der Waals surface area contributed by atoms with Crippen molar-refractivity contribution < 1.29 is 13.9 Å². The highest BCUT2D eigenvalue weighted by atomic mass is 19.1. The summed E-state index contributed by atoms with van der Waals surface area (Å²) in [5, 5.41) is 14.1. The lowest BCUT2D eigenvalue weighted by atomic mass is 9.88. The van der Waals surface area contributed by atoms with Crippen molar-refractivity contribution in [1.82, 2.24) is 5.32 Å². The van der Waals surface area contributed by atoms with Crippen LogP contribution in [0.5, 0.6) is 0 Å². The summed E-state index contributed by atoms with van der Waals surface area (Å²) in [7, 11) is 1.70. The van der Waals surface area contributed by atoms with Crippen molar-refractivity contribution >= 4 is 11.0 Å². The number of nitrogens with one attached hydrogen (secondary N) is 1. The van der Waals surface area contributed by atoms with Gasteiger partial charge in [0.2, 0.25) is 0 Å². The van der Waals surface area contributed by atoms with Crippen molar-refractivity contribution in [2.45, 2.75) is 18.6 Å². The van der Waals surface area contributed by atoms with Crippen LogP contribution in [0.2, 0.25) is 0 Å². The van der Waals surface area contributed by atoms with Crippen LogP contribution in [0.15, 0.2) is 34.9 Å². The lowest BCUT2D eigenvalue weighted by Crippen LogP contribution is -2.47. The molecule has 0 bridgehead atoms. The molecule has 2 aromatic rings. The number of fused-ring (bicyclic) bond motifs is 1. The van der Waals surface area contributed by atoms with Gasteiger partial charge in [-0.15, -0.1) is 0 Å². The Hall–Kier alpha value is -1.39. The van der Waals surface area contributed by atoms with Crippen LogP contribution in [0.25, 0.3) is 11.0 Å². The van der Waals surface area contributed by atoms with Gasteiger partial charge < -0.3 is 14.8 Å². The molecule has 0 aliphatic rings. The van der Waals surface area contributed by atoms with E-state index in [0.29, 0.717) is 5.56 Å². The molecular formula is C13H16FNO2. The normalized spacial score (nSPS) is 16.9. The summed E-state index contributed by atoms with van der Waals surface area (Å²) >= 11 is 0. The Balaban J connectivity index is 2.48. The summed E-state index contributed by atoms with van der Waals surface area (Å²) in [5.41, 5.74) is -0.233. The monoisotopic (exact) mass is 237 g/mol. The molecule has 1 heterocycles. The van der Waals surface area contributed by atoms with Gasteiger partial charge in [-0.25, -0.2) is 4.39 Å². The SMILES string of the molecule is CNC(C)C(O)(CF)c1ccc2occc2c1. The number of rotatable bonds is 4. The van der Waals surface area contributed by atoms with Crippen LogP contribution in [-0.2, 0) is 5.60 Å². The molecular weight excluding hydrogens is 221 g/mol. The van der Waals surface area contributed by atoms with Gasteiger partial charge in [0, 0.05) is 11.4 Å². The first kappa shape index (κ1) is 12.1. The topological polar surface area (TPSA) is 45.4 Å². The molecule has 0 spiro atoms. The number of likely N-dealkylation sites (N-methyl/N-ethyl adjacent to an activating group) is 1. The molecule has 2 unspecified atom stereocenters. The van der Waals surface area contributed by atoms with E-state index < -0.39 is 12.3 Å². The molecule has 0 aliphatic heterocycles. The average molecular weight is 237 g/mol. The number of aliphatic hydroxyl groups is 1. The van der Waals surface area contributed by atoms with Crippen LogP contribution in [0.3, 0.4) is 0 Å². The molecule has 2 N–H and O–H groups in total. The maximum atomic E-state index is 13.2. The van der Waals surface area contributed by atoms with Gasteiger partial charge in [-0.2, -0.15) is 0 Å². The Morgan fingerprint density at radius 3 is 2.88 bits per heavy atom. The zero-order valence-corrected chi connectivity index (χ0v) is 9.90. The van der Waals surface area contributed by atoms with E-state index in [1.54, 1.807) is 44.5 Å². The first-order chi connectivity index (χ1) is 8.11. The third-order valence-corrected chi connectivity index (χ3v) is 3.31. The van der Waals surface area contributed by atoms with Crippen LogP contribution in [0, 0.1) is 0 Å². The van der Waals surface area contributed by atoms with Gasteiger partial charge in [0.05, 0.1) is 6.26 Å². The summed E-state index contributed by atoms with van der Waals surface area (Å²) < 4.78 is 18.4. The van der Waals surface area contributed by atoms with E-state index in [1.165, 1.54) is 0 Å². The minimum atomic E-state index is -1.51. The molecule has 1 aromatic heterocycles. The predicted molar refractivity (Wildman–Crippen MR) is 64.6 cm³/mol. The maximum Gasteiger partial charge on any atom is 0.133 e. The quantitative estimate of drug-likeness (QED) is 0.856. The minimum absolute atomic E-state index is 0.378. The summed E-state index contributed by atoms with van der Waals surface area (Å²) in [6, 6.07) is 6.61. The highest BCUT2D eigenvalue weighted by molar-refractivity contribution is 5.78. The van der Waals surface area contributed by atoms with Crippen LogP contribution < -0.4 is 5.32 Å². The largest absolute Gasteiger partial charge is 0.464 e. The second-order valence-corrected chi connectivity index (χ2v) is 4.24. The first-order valence-corrected chi connectivity index (χ1v) is 5.55. The van der Waals surface area contributed by atoms with E-state index in [9.17, 15) is 9.50 Å². The van der Waals surface area contributed by atoms with Gasteiger partial charge in [0.1, 0.15) is 17.9 Å². The van der Waals surface area contributed by atoms with Gasteiger partial charge in [-0.3, -0.25) is 0 Å². The van der Waals surface area contributed by atoms with Crippen molar-refractivity contribution in [2.24, 2.45) is 0 Å². The molecule has 0 saturated heterocycles. The predicted octanol–water partition coefficient (Wildman–Crippen LogP) is 2.20. The molecule has 0 radical (unpaired) electrons. The van der Waals surface area contributed by atoms with Crippen LogP contribution >= 0.6 is 0 Å². The summed E-state index contributed by atoms with van der Waals surface area (Å²) in [6.45, 7) is 0.914. The first-order valence-electron chi connectivity index (χ1n) is 5.55. The van der Waals surface area contributed by atoms with E-state index in [0.717, 1.165) is 11.0 Å². The fraction of sp³-hybridized carbons (Fsp3) is 0.385. The molecule has 0 amide bonds. The lowest BCUT2D eigenvalue weighted by Gasteiger charge is -2.31. The number of halogens is 1. The zero-order chi connectivity index (χ0) is 12.5. The lowest BCUT2D eigenvalue weighted by molar-refractivity contribution is -0.0173. The second kappa shape index (κ2) is 4.47. The molecule has 0 aliphatic carbocycles. The number of benzene rings is 1. The zero-order valence-electron chi connectivity index (χ0n) is 9.90. The average Bonchev–Trinajstić information content (AvgIpc) is 2.83. The fourth-order valence-electron chi connectivity index (χ4n) is 1.92. The van der Waals surface area contributed by atoms with Crippen molar-refractivity contribution in [3.63, 3.8) is 0 Å². The minimum Gasteiger partial charge on any atom is -0.464 e. The van der Waals surface area contributed by atoms with Gasteiger partial charge in [-0.05, 0) is 37.7 Å². The maximum absolute atomic E-state index is 13.2. The Morgan fingerprint density at radius 1 is 1.47 bits per heavy atom. The molecule has 0 fully saturated rings. The standard InChI is InChI=1S/C13H16FNO2/c1-9(15-2)13(16,8-14)11-3-4-12-10(7-11)5-6-17-12/h3-7,9,15-16H,8H2,1-2H3. The van der Waals surface area contributed by atoms with Gasteiger partial charge >= 0.3 is 0 Å². The Labute approximate surface area is 99.2 Å². The van der Waals surface area contributed by atoms with Crippen LogP contribution in [0.1, 0.15) is 12.5 Å². The van der Waals surface area contributed by atoms with Crippen molar-refractivity contribution in [3.05, 3.63) is 36.1 Å². The van der Waals surface area contributed by atoms with E-state index in [4.69, 9.17) is 4.42 Å². The highest BCUT2D eigenvalue weighted by Crippen LogP contribution is 2.29. The Bertz CT molecular complexity index is 511. The number of alkyl halides is 1. The van der Waals surface area contributed by atoms with Crippen LogP contribution in [-0.4, -0.2) is 24.9 Å². The molecule has 2 atom stereocenters. The summed E-state index contributed by atoms with van der Waals surface area (Å²) in [6.07, 6.45) is 1.57. The van der Waals surface area contributed by atoms with Gasteiger partial charge in [0.25, 0.3) is 0 Å². The molecule has 3 nitrogen and oxygen atoms in total. The molecule has 17 heavy (non-hydrogen) atoms. The van der Waals surface area contributed by atoms with E-state index in [1.807, 2.05) is 0 Å². The third kappa shape index (κ3) is 1.94. The molecule has 4 heteroatoms. The van der Waals surface area contributed by atoms with E-state index in [-0.39, 0.29) is 6.04 Å². The summed E-state index contributed by atoms with van der Waals surface area (Å²) in [4.78, 5) is 0. The van der Waals surface area contributed by atoms with Crippen molar-refractivity contribution in [3.8, 4) is 0 Å². The van der Waals surface area contributed by atoms with E-state index >= 15 is 0 Å². The van der Waals surface area contributed by atoms with Crippen LogP contribution in [0.4, 0.5) is 4.39 Å². The molecule has 2 rings (SSSR count). The summed E-state index contributed by atoms with van der Waals surface area (Å²) in [5.74, 6) is 0. The molecule has 0 saturated carbocycles. The number of hydrogen-bond acceptors (Lipinski definition) is 3. The Morgan fingerprint density at radius 2 is 2.24 bits per heavy atom. The molecule has 92 valence electrons. The third-order valence-electron chi connectivity index (χ3n) is 3.31. The van der Waals surface area contributed by atoms with E-state index in [2.05, 4.69) is 5.32 Å². The van der Waals surface area contributed by atoms with Gasteiger partial charge in [0.15, 0.2) is 0 Å². The second-order valence-electron chi connectivity index (χ2n) is 4.24. The van der Waals surface area contributed by atoms with Gasteiger partial charge in [-0.1, -0.05) is 6.07 Å². The number of hydrogen-bond donors (Lipinski definition) is 2. The molecule has 1 aromatic carbocycles. The highest BCUT2D eigenvalue weighted by Gasteiger charge is 2.35.